The molecule has 0 saturated carbocycles. The van der Waals surface area contributed by atoms with Crippen molar-refractivity contribution in [1.29, 1.82) is 0 Å². The Hall–Kier alpha value is -3.23. The van der Waals surface area contributed by atoms with Crippen molar-refractivity contribution in [2.24, 2.45) is 0 Å². The molecule has 1 aliphatic heterocycles. The van der Waals surface area contributed by atoms with Crippen molar-refractivity contribution in [3.8, 4) is 21.9 Å². The number of methoxy groups -OCH3 is 2. The molecule has 0 bridgehead atoms. The molecule has 1 saturated heterocycles. The van der Waals surface area contributed by atoms with Gasteiger partial charge in [-0.15, -0.1) is 11.3 Å². The molecule has 1 atom stereocenters. The lowest BCUT2D eigenvalue weighted by molar-refractivity contribution is 0.0592. The summed E-state index contributed by atoms with van der Waals surface area (Å²) in [7, 11) is 3.24. The van der Waals surface area contributed by atoms with E-state index in [4.69, 9.17) is 9.47 Å². The molecule has 1 unspecified atom stereocenters. The Morgan fingerprint density at radius 1 is 1.09 bits per heavy atom. The van der Waals surface area contributed by atoms with Gasteiger partial charge in [0, 0.05) is 40.8 Å². The number of hydrogen-bond acceptors (Lipinski definition) is 7. The highest BCUT2D eigenvalue weighted by Gasteiger charge is 2.26. The lowest BCUT2D eigenvalue weighted by atomic mass is 10.0. The molecule has 4 aromatic rings. The fourth-order valence-corrected chi connectivity index (χ4v) is 5.53. The lowest BCUT2D eigenvalue weighted by Crippen LogP contribution is -2.47. The van der Waals surface area contributed by atoms with E-state index >= 15 is 0 Å². The first kappa shape index (κ1) is 23.5. The number of nitrogens with zero attached hydrogens (tertiary/aromatic N) is 3. The fraction of sp³-hybridized carbons (Fsp3) is 0.333. The molecule has 0 amide bonds. The minimum absolute atomic E-state index is 0.0363. The Morgan fingerprint density at radius 2 is 1.83 bits per heavy atom. The molecule has 1 N–H and O–H groups in total. The number of likely N-dealkylation sites (tertiary alicyclic amines) is 1. The van der Waals surface area contributed by atoms with E-state index in [-0.39, 0.29) is 6.04 Å². The van der Waals surface area contributed by atoms with Crippen molar-refractivity contribution >= 4 is 28.1 Å². The van der Waals surface area contributed by atoms with Crippen LogP contribution >= 0.6 is 11.3 Å². The number of rotatable bonds is 8. The molecule has 35 heavy (non-hydrogen) atoms. The van der Waals surface area contributed by atoms with Crippen molar-refractivity contribution < 1.29 is 13.9 Å². The smallest absolute Gasteiger partial charge is 0.162 e. The van der Waals surface area contributed by atoms with Crippen LogP contribution in [0.3, 0.4) is 0 Å². The van der Waals surface area contributed by atoms with Crippen LogP contribution < -0.4 is 14.8 Å². The van der Waals surface area contributed by atoms with Gasteiger partial charge in [0.15, 0.2) is 11.5 Å². The lowest BCUT2D eigenvalue weighted by Gasteiger charge is -2.34. The van der Waals surface area contributed by atoms with E-state index in [0.717, 1.165) is 23.3 Å². The van der Waals surface area contributed by atoms with Gasteiger partial charge in [0.2, 0.25) is 0 Å². The molecule has 1 fully saturated rings. The molecule has 5 rings (SSSR count). The number of benzene rings is 2. The number of alkyl halides is 1. The van der Waals surface area contributed by atoms with Gasteiger partial charge in [0.1, 0.15) is 17.8 Å². The molecular weight excluding hydrogens is 463 g/mol. The van der Waals surface area contributed by atoms with Gasteiger partial charge in [-0.3, -0.25) is 4.90 Å². The Labute approximate surface area is 208 Å². The maximum absolute atomic E-state index is 13.3. The van der Waals surface area contributed by atoms with E-state index in [0.29, 0.717) is 30.4 Å². The summed E-state index contributed by atoms with van der Waals surface area (Å²) in [4.78, 5) is 13.8. The summed E-state index contributed by atoms with van der Waals surface area (Å²) in [6.07, 6.45) is -0.690. The first-order chi connectivity index (χ1) is 16.9. The third-order valence-corrected chi connectivity index (χ3v) is 7.61. The summed E-state index contributed by atoms with van der Waals surface area (Å²) in [5.41, 5.74) is 3.23. The molecular formula is C27H29FN4O2S. The van der Waals surface area contributed by atoms with Gasteiger partial charge in [0.05, 0.1) is 25.8 Å². The summed E-state index contributed by atoms with van der Waals surface area (Å²) in [6, 6.07) is 16.6. The zero-order valence-corrected chi connectivity index (χ0v) is 21.2. The molecule has 1 aliphatic rings. The highest BCUT2D eigenvalue weighted by atomic mass is 32.1. The van der Waals surface area contributed by atoms with Gasteiger partial charge in [-0.25, -0.2) is 14.4 Å². The number of ether oxygens (including phenoxy) is 2. The van der Waals surface area contributed by atoms with Crippen LogP contribution in [-0.4, -0.2) is 48.3 Å². The predicted octanol–water partition coefficient (Wildman–Crippen LogP) is 6.01. The maximum Gasteiger partial charge on any atom is 0.162 e. The van der Waals surface area contributed by atoms with Crippen molar-refractivity contribution in [3.63, 3.8) is 0 Å². The van der Waals surface area contributed by atoms with Crippen LogP contribution in [0.2, 0.25) is 0 Å². The highest BCUT2D eigenvalue weighted by molar-refractivity contribution is 7.15. The Balaban J connectivity index is 1.41. The molecule has 2 aromatic heterocycles. The van der Waals surface area contributed by atoms with E-state index in [1.807, 2.05) is 19.1 Å². The normalized spacial score (nSPS) is 15.1. The zero-order valence-electron chi connectivity index (χ0n) is 20.3. The monoisotopic (exact) mass is 492 g/mol. The zero-order chi connectivity index (χ0) is 24.5. The average Bonchev–Trinajstić information content (AvgIpc) is 3.33. The SMILES string of the molecule is COc1cc2nc(C)nc(NC(C)c3ccc(-c4ccccc4CN4CC(F)C4)s3)c2cc1OC. The van der Waals surface area contributed by atoms with E-state index < -0.39 is 6.17 Å². The summed E-state index contributed by atoms with van der Waals surface area (Å²) >= 11 is 1.76. The van der Waals surface area contributed by atoms with Gasteiger partial charge in [-0.1, -0.05) is 24.3 Å². The number of nitrogens with one attached hydrogen (secondary N) is 1. The molecule has 8 heteroatoms. The summed E-state index contributed by atoms with van der Waals surface area (Å²) in [5, 5.41) is 4.46. The van der Waals surface area contributed by atoms with E-state index in [1.54, 1.807) is 25.6 Å². The quantitative estimate of drug-likeness (QED) is 0.325. The molecule has 0 radical (unpaired) electrons. The second kappa shape index (κ2) is 9.79. The number of hydrogen-bond donors (Lipinski definition) is 1. The average molecular weight is 493 g/mol. The largest absolute Gasteiger partial charge is 0.493 e. The predicted molar refractivity (Wildman–Crippen MR) is 139 cm³/mol. The number of aryl methyl sites for hydroxylation is 1. The van der Waals surface area contributed by atoms with Crippen LogP contribution in [0.15, 0.2) is 48.5 Å². The Kier molecular flexibility index (Phi) is 6.58. The van der Waals surface area contributed by atoms with Crippen LogP contribution in [0.25, 0.3) is 21.3 Å². The van der Waals surface area contributed by atoms with Crippen molar-refractivity contribution in [2.75, 3.05) is 32.6 Å². The van der Waals surface area contributed by atoms with Gasteiger partial charge < -0.3 is 14.8 Å². The summed E-state index contributed by atoms with van der Waals surface area (Å²) in [6.45, 7) is 5.83. The van der Waals surface area contributed by atoms with Gasteiger partial charge >= 0.3 is 0 Å². The molecule has 2 aromatic carbocycles. The van der Waals surface area contributed by atoms with Crippen molar-refractivity contribution in [2.45, 2.75) is 32.6 Å². The van der Waals surface area contributed by atoms with Gasteiger partial charge in [0.25, 0.3) is 0 Å². The van der Waals surface area contributed by atoms with Crippen LogP contribution in [0.1, 0.15) is 29.2 Å². The Morgan fingerprint density at radius 3 is 2.57 bits per heavy atom. The maximum atomic E-state index is 13.3. The van der Waals surface area contributed by atoms with Crippen LogP contribution in [0.4, 0.5) is 10.2 Å². The third kappa shape index (κ3) is 4.81. The van der Waals surface area contributed by atoms with Gasteiger partial charge in [-0.2, -0.15) is 0 Å². The van der Waals surface area contributed by atoms with E-state index in [9.17, 15) is 4.39 Å². The minimum atomic E-state index is -0.690. The van der Waals surface area contributed by atoms with Crippen LogP contribution in [0.5, 0.6) is 11.5 Å². The van der Waals surface area contributed by atoms with E-state index in [2.05, 4.69) is 63.5 Å². The van der Waals surface area contributed by atoms with Crippen molar-refractivity contribution in [3.05, 3.63) is 64.8 Å². The second-order valence-corrected chi connectivity index (χ2v) is 9.98. The van der Waals surface area contributed by atoms with E-state index in [1.165, 1.54) is 20.9 Å². The Bertz CT molecular complexity index is 1350. The second-order valence-electron chi connectivity index (χ2n) is 8.86. The number of aromatic nitrogens is 2. The molecule has 0 aliphatic carbocycles. The summed E-state index contributed by atoms with van der Waals surface area (Å²) < 4.78 is 24.2. The highest BCUT2D eigenvalue weighted by Crippen LogP contribution is 2.38. The number of halogens is 1. The minimum Gasteiger partial charge on any atom is -0.493 e. The van der Waals surface area contributed by atoms with Crippen molar-refractivity contribution in [1.82, 2.24) is 14.9 Å². The summed E-state index contributed by atoms with van der Waals surface area (Å²) in [5.74, 6) is 2.72. The first-order valence-corrected chi connectivity index (χ1v) is 12.5. The standard InChI is InChI=1S/C27H29FN4O2S/c1-16(29-27-21-11-23(33-3)24(34-4)12-22(21)30-17(2)31-27)25-9-10-26(35-25)20-8-6-5-7-18(20)13-32-14-19(28)15-32/h5-12,16,19H,13-15H2,1-4H3,(H,29,30,31). The number of fused-ring (bicyclic) bond motifs is 1. The van der Waals surface area contributed by atoms with Gasteiger partial charge in [-0.05, 0) is 43.2 Å². The molecule has 0 spiro atoms. The number of anilines is 1. The fourth-order valence-electron chi connectivity index (χ4n) is 4.46. The molecule has 3 heterocycles. The molecule has 182 valence electrons. The third-order valence-electron chi connectivity index (χ3n) is 6.31. The molecule has 6 nitrogen and oxygen atoms in total. The van der Waals surface area contributed by atoms with Crippen LogP contribution in [-0.2, 0) is 6.54 Å². The first-order valence-electron chi connectivity index (χ1n) is 11.7. The number of thiophene rings is 1. The van der Waals surface area contributed by atoms with Crippen LogP contribution in [0, 0.1) is 6.92 Å². The topological polar surface area (TPSA) is 59.5 Å².